The van der Waals surface area contributed by atoms with E-state index in [1.165, 1.54) is 9.80 Å². The second-order valence-electron chi connectivity index (χ2n) is 11.7. The number of phenols is 1. The Hall–Kier alpha value is -5.07. The van der Waals surface area contributed by atoms with Crippen LogP contribution < -0.4 is 0 Å². The highest BCUT2D eigenvalue weighted by Crippen LogP contribution is 2.40. The van der Waals surface area contributed by atoms with Gasteiger partial charge < -0.3 is 24.7 Å². The van der Waals surface area contributed by atoms with Gasteiger partial charge in [-0.25, -0.2) is 14.5 Å². The zero-order chi connectivity index (χ0) is 32.7. The van der Waals surface area contributed by atoms with Crippen LogP contribution in [-0.2, 0) is 30.4 Å². The predicted molar refractivity (Wildman–Crippen MR) is 160 cm³/mol. The SMILES string of the molecule is CC(C)c1ccc(-n2nc3c4c2CCN(C(=O)c2cnc(C(F)(F)F)c(O)c2)C4CN(C(=O)OCc2ccccc2)CC3)c(O)c1. The summed E-state index contributed by atoms with van der Waals surface area (Å²) < 4.78 is 47.0. The molecule has 6 rings (SSSR count). The van der Waals surface area contributed by atoms with Crippen molar-refractivity contribution in [3.05, 3.63) is 100 Å². The first-order valence-electron chi connectivity index (χ1n) is 14.9. The molecular weight excluding hydrogens is 603 g/mol. The first-order chi connectivity index (χ1) is 21.9. The Bertz CT molecular complexity index is 1790. The van der Waals surface area contributed by atoms with E-state index in [2.05, 4.69) is 4.98 Å². The maximum absolute atomic E-state index is 13.9. The molecule has 13 heteroatoms. The maximum atomic E-state index is 13.9. The number of carbonyl (C=O) groups is 2. The normalized spacial score (nSPS) is 16.3. The summed E-state index contributed by atoms with van der Waals surface area (Å²) in [6.45, 7) is 4.48. The molecule has 2 aliphatic rings. The number of alkyl halides is 3. The predicted octanol–water partition coefficient (Wildman–Crippen LogP) is 5.76. The molecule has 0 fully saturated rings. The third-order valence-electron chi connectivity index (χ3n) is 8.41. The van der Waals surface area contributed by atoms with Crippen molar-refractivity contribution in [2.75, 3.05) is 19.6 Å². The van der Waals surface area contributed by atoms with Gasteiger partial charge in [-0.3, -0.25) is 4.79 Å². The average Bonchev–Trinajstić information content (AvgIpc) is 3.28. The zero-order valence-corrected chi connectivity index (χ0v) is 25.2. The zero-order valence-electron chi connectivity index (χ0n) is 25.2. The van der Waals surface area contributed by atoms with E-state index >= 15 is 0 Å². The Labute approximate surface area is 262 Å². The lowest BCUT2D eigenvalue weighted by atomic mass is 9.94. The molecule has 0 spiro atoms. The van der Waals surface area contributed by atoms with Crippen molar-refractivity contribution < 1.29 is 37.7 Å². The number of halogens is 3. The molecule has 2 aromatic heterocycles. The Balaban J connectivity index is 1.36. The van der Waals surface area contributed by atoms with Crippen molar-refractivity contribution in [2.24, 2.45) is 0 Å². The summed E-state index contributed by atoms with van der Waals surface area (Å²) in [6.07, 6.45) is -4.04. The lowest BCUT2D eigenvalue weighted by Crippen LogP contribution is -2.46. The molecule has 1 unspecified atom stereocenters. The van der Waals surface area contributed by atoms with Gasteiger partial charge in [0.25, 0.3) is 5.91 Å². The second kappa shape index (κ2) is 12.0. The van der Waals surface area contributed by atoms with Crippen molar-refractivity contribution in [2.45, 2.75) is 51.4 Å². The van der Waals surface area contributed by atoms with E-state index in [9.17, 15) is 33.0 Å². The molecule has 46 heavy (non-hydrogen) atoms. The number of hydrogen-bond donors (Lipinski definition) is 2. The Morgan fingerprint density at radius 2 is 1.78 bits per heavy atom. The summed E-state index contributed by atoms with van der Waals surface area (Å²) in [5.41, 5.74) is 2.60. The fourth-order valence-electron chi connectivity index (χ4n) is 6.05. The van der Waals surface area contributed by atoms with Crippen molar-refractivity contribution in [1.82, 2.24) is 24.6 Å². The van der Waals surface area contributed by atoms with E-state index in [-0.39, 0.29) is 43.5 Å². The van der Waals surface area contributed by atoms with Gasteiger partial charge in [0.05, 0.1) is 23.0 Å². The van der Waals surface area contributed by atoms with Crippen LogP contribution in [0.2, 0.25) is 0 Å². The third-order valence-corrected chi connectivity index (χ3v) is 8.41. The van der Waals surface area contributed by atoms with Gasteiger partial charge in [0.15, 0.2) is 5.69 Å². The van der Waals surface area contributed by atoms with Crippen LogP contribution in [0.3, 0.4) is 0 Å². The van der Waals surface area contributed by atoms with Crippen molar-refractivity contribution in [3.8, 4) is 17.2 Å². The quantitative estimate of drug-likeness (QED) is 0.286. The number of amides is 2. The summed E-state index contributed by atoms with van der Waals surface area (Å²) in [6, 6.07) is 14.6. The van der Waals surface area contributed by atoms with Gasteiger partial charge in [0.2, 0.25) is 0 Å². The lowest BCUT2D eigenvalue weighted by Gasteiger charge is -2.37. The number of pyridine rings is 1. The lowest BCUT2D eigenvalue weighted by molar-refractivity contribution is -0.142. The van der Waals surface area contributed by atoms with Gasteiger partial charge in [0.1, 0.15) is 23.8 Å². The molecule has 0 aliphatic carbocycles. The first-order valence-corrected chi connectivity index (χ1v) is 14.9. The van der Waals surface area contributed by atoms with Gasteiger partial charge in [-0.2, -0.15) is 18.3 Å². The van der Waals surface area contributed by atoms with Crippen LogP contribution in [-0.4, -0.2) is 66.4 Å². The number of hydrogen-bond acceptors (Lipinski definition) is 7. The molecule has 4 heterocycles. The molecule has 2 N–H and O–H groups in total. The van der Waals surface area contributed by atoms with E-state index in [1.807, 2.05) is 50.2 Å². The van der Waals surface area contributed by atoms with Crippen molar-refractivity contribution >= 4 is 12.0 Å². The Kier molecular flexibility index (Phi) is 8.09. The fourth-order valence-corrected chi connectivity index (χ4v) is 6.05. The van der Waals surface area contributed by atoms with E-state index in [0.717, 1.165) is 29.1 Å². The number of nitrogens with zero attached hydrogens (tertiary/aromatic N) is 5. The van der Waals surface area contributed by atoms with Crippen molar-refractivity contribution in [3.63, 3.8) is 0 Å². The van der Waals surface area contributed by atoms with Crippen LogP contribution >= 0.6 is 0 Å². The molecule has 240 valence electrons. The highest BCUT2D eigenvalue weighted by molar-refractivity contribution is 5.95. The third kappa shape index (κ3) is 5.84. The molecular formula is C33H32F3N5O5. The van der Waals surface area contributed by atoms with Gasteiger partial charge in [-0.15, -0.1) is 0 Å². The number of ether oxygens (including phenoxy) is 1. The van der Waals surface area contributed by atoms with Crippen LogP contribution in [0.25, 0.3) is 5.69 Å². The second-order valence-corrected chi connectivity index (χ2v) is 11.7. The average molecular weight is 636 g/mol. The van der Waals surface area contributed by atoms with E-state index in [0.29, 0.717) is 29.8 Å². The van der Waals surface area contributed by atoms with Crippen LogP contribution in [0.5, 0.6) is 11.5 Å². The van der Waals surface area contributed by atoms with Crippen LogP contribution in [0.4, 0.5) is 18.0 Å². The first kappa shape index (κ1) is 30.9. The van der Waals surface area contributed by atoms with E-state index in [4.69, 9.17) is 9.84 Å². The summed E-state index contributed by atoms with van der Waals surface area (Å²) in [4.78, 5) is 33.4. The van der Waals surface area contributed by atoms with Crippen LogP contribution in [0, 0.1) is 0 Å². The number of rotatable bonds is 5. The number of aromatic nitrogens is 3. The number of benzene rings is 2. The van der Waals surface area contributed by atoms with Gasteiger partial charge in [0, 0.05) is 44.2 Å². The molecule has 2 aliphatic heterocycles. The van der Waals surface area contributed by atoms with E-state index in [1.54, 1.807) is 16.8 Å². The molecule has 10 nitrogen and oxygen atoms in total. The monoisotopic (exact) mass is 635 g/mol. The standard InChI is InChI=1S/C33H32F3N5O5/c1-19(2)21-8-9-24(27(42)14-21)41-25-11-13-40(31(44)22-15-28(43)30(37-16-22)33(34,35)36)26-17-39(12-10-23(38-41)29(25)26)32(45)46-18-20-6-4-3-5-7-20/h3-9,14-16,19,26,42-43H,10-13,17-18H2,1-2H3. The fraction of sp³-hybridized carbons (Fsp3) is 0.333. The summed E-state index contributed by atoms with van der Waals surface area (Å²) in [7, 11) is 0. The topological polar surface area (TPSA) is 121 Å². The van der Waals surface area contributed by atoms with Crippen LogP contribution in [0.15, 0.2) is 60.8 Å². The highest BCUT2D eigenvalue weighted by atomic mass is 19.4. The Morgan fingerprint density at radius 3 is 2.46 bits per heavy atom. The molecule has 0 saturated heterocycles. The number of aromatic hydroxyl groups is 2. The number of phenolic OH excluding ortho intramolecular Hbond substituents is 1. The molecule has 0 radical (unpaired) electrons. The van der Waals surface area contributed by atoms with Crippen LogP contribution in [0.1, 0.15) is 69.9 Å². The molecule has 1 atom stereocenters. The van der Waals surface area contributed by atoms with Gasteiger partial charge in [-0.05, 0) is 35.2 Å². The minimum atomic E-state index is -4.89. The van der Waals surface area contributed by atoms with Gasteiger partial charge >= 0.3 is 12.3 Å². The molecule has 0 saturated carbocycles. The summed E-state index contributed by atoms with van der Waals surface area (Å²) in [5.74, 6) is -1.57. The maximum Gasteiger partial charge on any atom is 0.437 e. The molecule has 2 amide bonds. The number of carbonyl (C=O) groups excluding carboxylic acids is 2. The summed E-state index contributed by atoms with van der Waals surface area (Å²) >= 11 is 0. The molecule has 4 aromatic rings. The van der Waals surface area contributed by atoms with Crippen molar-refractivity contribution in [1.29, 1.82) is 0 Å². The van der Waals surface area contributed by atoms with E-state index < -0.39 is 35.7 Å². The smallest absolute Gasteiger partial charge is 0.437 e. The molecule has 0 bridgehead atoms. The largest absolute Gasteiger partial charge is 0.506 e. The minimum absolute atomic E-state index is 0.0311. The molecule has 2 aromatic carbocycles. The summed E-state index contributed by atoms with van der Waals surface area (Å²) in [5, 5.41) is 25.9. The highest BCUT2D eigenvalue weighted by Gasteiger charge is 2.42. The minimum Gasteiger partial charge on any atom is -0.506 e. The van der Waals surface area contributed by atoms with Gasteiger partial charge in [-0.1, -0.05) is 50.2 Å². The Morgan fingerprint density at radius 1 is 1.02 bits per heavy atom.